The molecule has 0 aromatic heterocycles. The molecule has 2 aromatic rings. The van der Waals surface area contributed by atoms with E-state index in [0.717, 1.165) is 12.1 Å². The Morgan fingerprint density at radius 1 is 0.760 bits per heavy atom. The summed E-state index contributed by atoms with van der Waals surface area (Å²) in [6, 6.07) is 8.24. The van der Waals surface area contributed by atoms with Crippen molar-refractivity contribution in [1.82, 2.24) is 0 Å². The Balaban J connectivity index is 2.23. The van der Waals surface area contributed by atoms with Gasteiger partial charge in [0.1, 0.15) is 0 Å². The molecule has 2 rings (SSSR count). The second-order valence-corrected chi connectivity index (χ2v) is 8.94. The standard InChI is InChI=1S/C14H16N2O6S3/c15-11-3-1-9(13(5-11)24(17,18)19)7-23-8-10-2-4-12(16)6-14(10)25(20,21)22/h1-6H,7-8,15-16H2,(H,17,18,19)(H,20,21,22). The van der Waals surface area contributed by atoms with E-state index in [9.17, 15) is 25.9 Å². The highest BCUT2D eigenvalue weighted by Gasteiger charge is 2.18. The Hall–Kier alpha value is -1.79. The summed E-state index contributed by atoms with van der Waals surface area (Å²) in [5, 5.41) is 0. The highest BCUT2D eigenvalue weighted by atomic mass is 32.2. The highest BCUT2D eigenvalue weighted by Crippen LogP contribution is 2.28. The maximum absolute atomic E-state index is 11.4. The lowest BCUT2D eigenvalue weighted by Gasteiger charge is -2.10. The predicted octanol–water partition coefficient (Wildman–Crippen LogP) is 1.78. The molecule has 0 unspecified atom stereocenters. The molecule has 0 aliphatic rings. The van der Waals surface area contributed by atoms with E-state index < -0.39 is 20.2 Å². The lowest BCUT2D eigenvalue weighted by molar-refractivity contribution is 0.480. The first-order valence-electron chi connectivity index (χ1n) is 6.78. The van der Waals surface area contributed by atoms with Crippen LogP contribution in [0.3, 0.4) is 0 Å². The first-order valence-corrected chi connectivity index (χ1v) is 10.8. The molecule has 2 aromatic carbocycles. The third kappa shape index (κ3) is 5.09. The third-order valence-corrected chi connectivity index (χ3v) is 6.16. The first kappa shape index (κ1) is 19.5. The number of hydrogen-bond acceptors (Lipinski definition) is 7. The van der Waals surface area contributed by atoms with Crippen LogP contribution in [0.15, 0.2) is 46.2 Å². The maximum atomic E-state index is 11.4. The van der Waals surface area contributed by atoms with Crippen molar-refractivity contribution in [3.8, 4) is 0 Å². The normalized spacial score (nSPS) is 12.2. The fourth-order valence-corrected chi connectivity index (χ4v) is 4.87. The summed E-state index contributed by atoms with van der Waals surface area (Å²) < 4.78 is 64.3. The average Bonchev–Trinajstić information content (AvgIpc) is 2.48. The molecule has 6 N–H and O–H groups in total. The summed E-state index contributed by atoms with van der Waals surface area (Å²) >= 11 is 1.20. The van der Waals surface area contributed by atoms with Crippen LogP contribution in [0.2, 0.25) is 0 Å². The molecule has 0 heterocycles. The van der Waals surface area contributed by atoms with Gasteiger partial charge in [-0.05, 0) is 35.4 Å². The Morgan fingerprint density at radius 2 is 1.12 bits per heavy atom. The number of nitrogens with two attached hydrogens (primary N) is 2. The van der Waals surface area contributed by atoms with Gasteiger partial charge in [0, 0.05) is 22.9 Å². The highest BCUT2D eigenvalue weighted by molar-refractivity contribution is 7.97. The summed E-state index contributed by atoms with van der Waals surface area (Å²) in [4.78, 5) is -0.598. The zero-order valence-corrected chi connectivity index (χ0v) is 15.2. The minimum absolute atomic E-state index is 0.171. The van der Waals surface area contributed by atoms with Crippen molar-refractivity contribution in [2.75, 3.05) is 11.5 Å². The number of thioether (sulfide) groups is 1. The van der Waals surface area contributed by atoms with Gasteiger partial charge in [-0.1, -0.05) is 12.1 Å². The van der Waals surface area contributed by atoms with E-state index in [-0.39, 0.29) is 32.7 Å². The number of anilines is 2. The van der Waals surface area contributed by atoms with Crippen LogP contribution in [-0.2, 0) is 31.7 Å². The van der Waals surface area contributed by atoms with Crippen molar-refractivity contribution in [2.45, 2.75) is 21.3 Å². The largest absolute Gasteiger partial charge is 0.399 e. The molecular weight excluding hydrogens is 388 g/mol. The summed E-state index contributed by atoms with van der Waals surface area (Å²) in [5.74, 6) is 0.343. The van der Waals surface area contributed by atoms with E-state index in [0.29, 0.717) is 11.1 Å². The lowest BCUT2D eigenvalue weighted by atomic mass is 10.2. The first-order chi connectivity index (χ1) is 11.5. The molecule has 0 aliphatic carbocycles. The molecular formula is C14H16N2O6S3. The molecule has 136 valence electrons. The van der Waals surface area contributed by atoms with Gasteiger partial charge in [0.15, 0.2) is 0 Å². The van der Waals surface area contributed by atoms with Gasteiger partial charge in [0.2, 0.25) is 0 Å². The second-order valence-electron chi connectivity index (χ2n) is 5.18. The van der Waals surface area contributed by atoms with Crippen LogP contribution in [0.25, 0.3) is 0 Å². The van der Waals surface area contributed by atoms with E-state index in [1.54, 1.807) is 0 Å². The Morgan fingerprint density at radius 3 is 1.44 bits per heavy atom. The van der Waals surface area contributed by atoms with Crippen LogP contribution in [0.1, 0.15) is 11.1 Å². The minimum atomic E-state index is -4.43. The molecule has 0 fully saturated rings. The van der Waals surface area contributed by atoms with Crippen LogP contribution in [-0.4, -0.2) is 25.9 Å². The fraction of sp³-hybridized carbons (Fsp3) is 0.143. The molecule has 0 atom stereocenters. The smallest absolute Gasteiger partial charge is 0.294 e. The SMILES string of the molecule is Nc1ccc(CSCc2ccc(N)cc2S(=O)(=O)O)c(S(=O)(=O)O)c1. The zero-order valence-electron chi connectivity index (χ0n) is 12.8. The predicted molar refractivity (Wildman–Crippen MR) is 96.3 cm³/mol. The summed E-state index contributed by atoms with van der Waals surface area (Å²) in [7, 11) is -8.87. The number of hydrogen-bond donors (Lipinski definition) is 4. The van der Waals surface area contributed by atoms with Crippen LogP contribution >= 0.6 is 11.8 Å². The molecule has 0 bridgehead atoms. The third-order valence-electron chi connectivity index (χ3n) is 3.25. The molecule has 8 nitrogen and oxygen atoms in total. The van der Waals surface area contributed by atoms with E-state index in [4.69, 9.17) is 11.5 Å². The van der Waals surface area contributed by atoms with Gasteiger partial charge in [-0.25, -0.2) is 0 Å². The van der Waals surface area contributed by atoms with Crippen molar-refractivity contribution in [3.63, 3.8) is 0 Å². The molecule has 0 saturated heterocycles. The molecule has 0 aliphatic heterocycles. The molecule has 0 radical (unpaired) electrons. The Kier molecular flexibility index (Phi) is 5.64. The van der Waals surface area contributed by atoms with Crippen LogP contribution in [0.4, 0.5) is 11.4 Å². The summed E-state index contributed by atoms with van der Waals surface area (Å²) in [5.41, 5.74) is 12.1. The van der Waals surface area contributed by atoms with Crippen molar-refractivity contribution in [1.29, 1.82) is 0 Å². The minimum Gasteiger partial charge on any atom is -0.399 e. The van der Waals surface area contributed by atoms with Gasteiger partial charge in [0.25, 0.3) is 20.2 Å². The van der Waals surface area contributed by atoms with Gasteiger partial charge >= 0.3 is 0 Å². The zero-order chi connectivity index (χ0) is 18.8. The molecule has 11 heteroatoms. The van der Waals surface area contributed by atoms with Crippen LogP contribution < -0.4 is 11.5 Å². The topological polar surface area (TPSA) is 161 Å². The number of rotatable bonds is 6. The second kappa shape index (κ2) is 7.22. The van der Waals surface area contributed by atoms with Gasteiger partial charge in [-0.15, -0.1) is 0 Å². The quantitative estimate of drug-likeness (QED) is 0.415. The van der Waals surface area contributed by atoms with Gasteiger partial charge < -0.3 is 11.5 Å². The van der Waals surface area contributed by atoms with Crippen molar-refractivity contribution >= 4 is 43.4 Å². The maximum Gasteiger partial charge on any atom is 0.294 e. The Labute approximate surface area is 149 Å². The monoisotopic (exact) mass is 404 g/mol. The van der Waals surface area contributed by atoms with Crippen molar-refractivity contribution in [2.24, 2.45) is 0 Å². The van der Waals surface area contributed by atoms with Crippen molar-refractivity contribution in [3.05, 3.63) is 47.5 Å². The molecule has 0 spiro atoms. The van der Waals surface area contributed by atoms with Crippen LogP contribution in [0, 0.1) is 0 Å². The number of nitrogen functional groups attached to an aromatic ring is 2. The van der Waals surface area contributed by atoms with E-state index in [1.807, 2.05) is 0 Å². The van der Waals surface area contributed by atoms with E-state index in [2.05, 4.69) is 0 Å². The molecule has 25 heavy (non-hydrogen) atoms. The molecule has 0 amide bonds. The summed E-state index contributed by atoms with van der Waals surface area (Å²) in [6.45, 7) is 0. The fourth-order valence-electron chi connectivity index (χ4n) is 2.13. The van der Waals surface area contributed by atoms with Gasteiger partial charge in [-0.2, -0.15) is 28.6 Å². The van der Waals surface area contributed by atoms with Gasteiger partial charge in [0.05, 0.1) is 9.79 Å². The van der Waals surface area contributed by atoms with E-state index in [1.165, 1.54) is 36.0 Å². The summed E-state index contributed by atoms with van der Waals surface area (Å²) in [6.07, 6.45) is 0. The lowest BCUT2D eigenvalue weighted by Crippen LogP contribution is -2.05. The van der Waals surface area contributed by atoms with E-state index >= 15 is 0 Å². The Bertz CT molecular complexity index is 922. The van der Waals surface area contributed by atoms with Crippen LogP contribution in [0.5, 0.6) is 0 Å². The molecule has 0 saturated carbocycles. The number of benzene rings is 2. The average molecular weight is 404 g/mol. The van der Waals surface area contributed by atoms with Crippen molar-refractivity contribution < 1.29 is 25.9 Å². The van der Waals surface area contributed by atoms with Gasteiger partial charge in [-0.3, -0.25) is 9.11 Å².